The molecule has 0 aliphatic heterocycles. The van der Waals surface area contributed by atoms with Crippen LogP contribution in [-0.4, -0.2) is 9.35 Å². The van der Waals surface area contributed by atoms with Gasteiger partial charge in [0.05, 0.1) is 14.1 Å². The van der Waals surface area contributed by atoms with Crippen LogP contribution in [0, 0.1) is 0 Å². The van der Waals surface area contributed by atoms with E-state index in [1.54, 1.807) is 0 Å². The van der Waals surface area contributed by atoms with E-state index < -0.39 is 0 Å². The number of hydrogen-bond acceptors (Lipinski definition) is 0. The zero-order chi connectivity index (χ0) is 8.55. The molecule has 0 aliphatic carbocycles. The van der Waals surface area contributed by atoms with Crippen LogP contribution in [0.2, 0.25) is 0 Å². The molecule has 0 unspecified atom stereocenters. The highest BCUT2D eigenvalue weighted by Gasteiger charge is 2.07. The Morgan fingerprint density at radius 1 is 0.833 bits per heavy atom. The number of imidazole rings is 2. The van der Waals surface area contributed by atoms with Gasteiger partial charge in [-0.1, -0.05) is 9.35 Å². The Balaban J connectivity index is 2.43. The maximum absolute atomic E-state index is 2.00. The topological polar surface area (TPSA) is 17.6 Å². The van der Waals surface area contributed by atoms with Crippen LogP contribution in [0.15, 0.2) is 37.4 Å². The number of aromatic nitrogens is 4. The molecule has 0 fully saturated rings. The zero-order valence-corrected chi connectivity index (χ0v) is 7.25. The van der Waals surface area contributed by atoms with Gasteiger partial charge in [-0.25, -0.2) is 9.13 Å². The van der Waals surface area contributed by atoms with E-state index in [2.05, 4.69) is 0 Å². The molecule has 0 radical (unpaired) electrons. The Morgan fingerprint density at radius 3 is 1.50 bits per heavy atom. The van der Waals surface area contributed by atoms with Gasteiger partial charge in [0.15, 0.2) is 12.4 Å². The third-order valence-electron chi connectivity index (χ3n) is 1.78. The van der Waals surface area contributed by atoms with Crippen LogP contribution >= 0.6 is 0 Å². The molecular formula is C8H12N4+2. The first-order chi connectivity index (χ1) is 5.75. The molecule has 2 aromatic heterocycles. The molecule has 2 aromatic rings. The summed E-state index contributed by atoms with van der Waals surface area (Å²) in [5.41, 5.74) is 0. The van der Waals surface area contributed by atoms with E-state index in [1.807, 2.05) is 70.0 Å². The number of nitrogens with zero attached hydrogens (tertiary/aromatic N) is 4. The molecule has 0 saturated heterocycles. The first-order valence-electron chi connectivity index (χ1n) is 3.83. The van der Waals surface area contributed by atoms with Crippen LogP contribution < -0.4 is 9.13 Å². The molecular weight excluding hydrogens is 152 g/mol. The van der Waals surface area contributed by atoms with Gasteiger partial charge in [0.2, 0.25) is 0 Å². The maximum Gasteiger partial charge on any atom is 0.286 e. The highest BCUT2D eigenvalue weighted by atomic mass is 15.5. The van der Waals surface area contributed by atoms with Gasteiger partial charge in [-0.2, -0.15) is 0 Å². The Labute approximate surface area is 70.9 Å². The summed E-state index contributed by atoms with van der Waals surface area (Å²) in [4.78, 5) is 0. The fraction of sp³-hybridized carbons (Fsp3) is 0.250. The normalized spacial score (nSPS) is 10.5. The molecule has 0 amide bonds. The predicted molar refractivity (Wildman–Crippen MR) is 42.0 cm³/mol. The van der Waals surface area contributed by atoms with Crippen LogP contribution in [0.25, 0.3) is 0 Å². The average molecular weight is 164 g/mol. The first-order valence-corrected chi connectivity index (χ1v) is 3.83. The van der Waals surface area contributed by atoms with Crippen molar-refractivity contribution in [2.24, 2.45) is 14.1 Å². The summed E-state index contributed by atoms with van der Waals surface area (Å²) in [6.45, 7) is 0. The summed E-state index contributed by atoms with van der Waals surface area (Å²) in [6.07, 6.45) is 12.0. The van der Waals surface area contributed by atoms with Crippen molar-refractivity contribution >= 4 is 0 Å². The summed E-state index contributed by atoms with van der Waals surface area (Å²) in [5, 5.41) is 0. The van der Waals surface area contributed by atoms with Gasteiger partial charge in [-0.15, -0.1) is 0 Å². The van der Waals surface area contributed by atoms with Crippen LogP contribution in [0.5, 0.6) is 0 Å². The van der Waals surface area contributed by atoms with Crippen LogP contribution in [0.1, 0.15) is 0 Å². The third-order valence-corrected chi connectivity index (χ3v) is 1.78. The van der Waals surface area contributed by atoms with E-state index in [0.717, 1.165) is 0 Å². The molecule has 0 saturated carbocycles. The van der Waals surface area contributed by atoms with E-state index in [9.17, 15) is 0 Å². The fourth-order valence-electron chi connectivity index (χ4n) is 1.15. The van der Waals surface area contributed by atoms with Crippen LogP contribution in [0.4, 0.5) is 0 Å². The van der Waals surface area contributed by atoms with E-state index in [-0.39, 0.29) is 0 Å². The van der Waals surface area contributed by atoms with Gasteiger partial charge < -0.3 is 0 Å². The van der Waals surface area contributed by atoms with Crippen molar-refractivity contribution in [3.63, 3.8) is 0 Å². The molecule has 0 aliphatic rings. The molecule has 0 atom stereocenters. The summed E-state index contributed by atoms with van der Waals surface area (Å²) in [5.74, 6) is 0. The van der Waals surface area contributed by atoms with Gasteiger partial charge >= 0.3 is 0 Å². The minimum absolute atomic E-state index is 2.00. The molecule has 0 bridgehead atoms. The van der Waals surface area contributed by atoms with Crippen molar-refractivity contribution in [2.75, 3.05) is 0 Å². The van der Waals surface area contributed by atoms with E-state index >= 15 is 0 Å². The second kappa shape index (κ2) is 2.48. The fourth-order valence-corrected chi connectivity index (χ4v) is 1.15. The van der Waals surface area contributed by atoms with Gasteiger partial charge in [0.25, 0.3) is 12.7 Å². The molecule has 4 nitrogen and oxygen atoms in total. The van der Waals surface area contributed by atoms with Crippen molar-refractivity contribution in [3.8, 4) is 0 Å². The minimum Gasteiger partial charge on any atom is -0.236 e. The molecule has 2 heterocycles. The molecule has 0 spiro atoms. The lowest BCUT2D eigenvalue weighted by atomic mass is 10.9. The van der Waals surface area contributed by atoms with Crippen LogP contribution in [0.3, 0.4) is 0 Å². The molecule has 0 aromatic carbocycles. The summed E-state index contributed by atoms with van der Waals surface area (Å²) >= 11 is 0. The van der Waals surface area contributed by atoms with Crippen molar-refractivity contribution in [1.82, 2.24) is 9.35 Å². The minimum atomic E-state index is 2.00. The molecule has 0 N–H and O–H groups in total. The summed E-state index contributed by atoms with van der Waals surface area (Å²) in [7, 11) is 4.00. The lowest BCUT2D eigenvalue weighted by Crippen LogP contribution is -2.26. The quantitative estimate of drug-likeness (QED) is 0.494. The van der Waals surface area contributed by atoms with Gasteiger partial charge in [0, 0.05) is 0 Å². The third kappa shape index (κ3) is 1.11. The van der Waals surface area contributed by atoms with Crippen LogP contribution in [-0.2, 0) is 14.1 Å². The van der Waals surface area contributed by atoms with Gasteiger partial charge in [-0.05, 0) is 0 Å². The molecule has 12 heavy (non-hydrogen) atoms. The van der Waals surface area contributed by atoms with E-state index in [0.29, 0.717) is 0 Å². The Bertz CT molecular complexity index is 347. The van der Waals surface area contributed by atoms with Crippen molar-refractivity contribution in [3.05, 3.63) is 37.4 Å². The van der Waals surface area contributed by atoms with Gasteiger partial charge in [-0.3, -0.25) is 0 Å². The maximum atomic E-state index is 2.00. The Kier molecular flexibility index (Phi) is 1.46. The smallest absolute Gasteiger partial charge is 0.236 e. The van der Waals surface area contributed by atoms with Crippen molar-refractivity contribution in [2.45, 2.75) is 0 Å². The Hall–Kier alpha value is -1.58. The largest absolute Gasteiger partial charge is 0.286 e. The average Bonchev–Trinajstić information content (AvgIpc) is 2.58. The highest BCUT2D eigenvalue weighted by molar-refractivity contribution is 4.73. The zero-order valence-electron chi connectivity index (χ0n) is 7.25. The first kappa shape index (κ1) is 7.09. The number of hydrogen-bond donors (Lipinski definition) is 0. The van der Waals surface area contributed by atoms with E-state index in [4.69, 9.17) is 0 Å². The molecule has 4 heteroatoms. The number of aryl methyl sites for hydroxylation is 2. The lowest BCUT2D eigenvalue weighted by Gasteiger charge is -1.83. The van der Waals surface area contributed by atoms with Gasteiger partial charge in [0.1, 0.15) is 12.4 Å². The molecule has 62 valence electrons. The highest BCUT2D eigenvalue weighted by Crippen LogP contribution is 1.86. The SMILES string of the molecule is C[n+]1ccn(-n2cc[n+](C)c2)c1. The summed E-state index contributed by atoms with van der Waals surface area (Å²) in [6, 6.07) is 0. The second-order valence-corrected chi connectivity index (χ2v) is 2.92. The monoisotopic (exact) mass is 164 g/mol. The predicted octanol–water partition coefficient (Wildman–Crippen LogP) is -0.750. The summed E-state index contributed by atoms with van der Waals surface area (Å²) < 4.78 is 8.00. The molecule has 2 rings (SSSR count). The lowest BCUT2D eigenvalue weighted by molar-refractivity contribution is -0.673. The second-order valence-electron chi connectivity index (χ2n) is 2.92. The standard InChI is InChI=1S/C8H12N4/c1-9-3-5-11(7-9)12-6-4-10(2)8-12/h3-8H,1-2H3/q+2. The van der Waals surface area contributed by atoms with Crippen molar-refractivity contribution in [1.29, 1.82) is 0 Å². The number of rotatable bonds is 1. The van der Waals surface area contributed by atoms with Crippen molar-refractivity contribution < 1.29 is 9.13 Å². The Morgan fingerprint density at radius 2 is 1.25 bits per heavy atom. The van der Waals surface area contributed by atoms with E-state index in [1.165, 1.54) is 0 Å².